The molecule has 0 unspecified atom stereocenters. The van der Waals surface area contributed by atoms with Gasteiger partial charge in [-0.1, -0.05) is 6.92 Å². The van der Waals surface area contributed by atoms with Gasteiger partial charge in [-0.2, -0.15) is 0 Å². The third kappa shape index (κ3) is 3.73. The fraction of sp³-hybridized carbons (Fsp3) is 0.727. The molecular weight excluding hydrogens is 240 g/mol. The average molecular weight is 260 g/mol. The number of hydrogen-bond acceptors (Lipinski definition) is 3. The van der Waals surface area contributed by atoms with Gasteiger partial charge < -0.3 is 0 Å². The Bertz CT molecular complexity index is 511. The normalized spacial score (nSPS) is 12.2. The predicted octanol–water partition coefficient (Wildman–Crippen LogP) is 1.06. The van der Waals surface area contributed by atoms with Crippen molar-refractivity contribution in [3.63, 3.8) is 0 Å². The summed E-state index contributed by atoms with van der Waals surface area (Å²) in [7, 11) is -2.93. The van der Waals surface area contributed by atoms with Gasteiger partial charge >= 0.3 is 5.69 Å². The van der Waals surface area contributed by atoms with E-state index in [4.69, 9.17) is 0 Å². The summed E-state index contributed by atoms with van der Waals surface area (Å²) in [6.45, 7) is 5.97. The van der Waals surface area contributed by atoms with Crippen LogP contribution in [0.4, 0.5) is 0 Å². The maximum atomic E-state index is 11.8. The second kappa shape index (κ2) is 5.53. The van der Waals surface area contributed by atoms with Crippen LogP contribution in [0.3, 0.4) is 0 Å². The van der Waals surface area contributed by atoms with Gasteiger partial charge in [0.2, 0.25) is 0 Å². The van der Waals surface area contributed by atoms with Gasteiger partial charge in [0, 0.05) is 30.7 Å². The molecular formula is C11H20N2O3S. The van der Waals surface area contributed by atoms with E-state index >= 15 is 0 Å². The molecule has 0 amide bonds. The van der Waals surface area contributed by atoms with Crippen molar-refractivity contribution in [1.82, 2.24) is 9.13 Å². The summed E-state index contributed by atoms with van der Waals surface area (Å²) in [6, 6.07) is 0.128. The maximum absolute atomic E-state index is 11.8. The lowest BCUT2D eigenvalue weighted by molar-refractivity contribution is 0.545. The summed E-state index contributed by atoms with van der Waals surface area (Å²) in [4.78, 5) is 11.8. The summed E-state index contributed by atoms with van der Waals surface area (Å²) < 4.78 is 25.8. The van der Waals surface area contributed by atoms with Gasteiger partial charge in [0.05, 0.1) is 5.75 Å². The van der Waals surface area contributed by atoms with Crippen LogP contribution in [0.25, 0.3) is 0 Å². The molecule has 17 heavy (non-hydrogen) atoms. The molecule has 5 nitrogen and oxygen atoms in total. The lowest BCUT2D eigenvalue weighted by atomic mass is 10.4. The van der Waals surface area contributed by atoms with Crippen LogP contribution in [0.2, 0.25) is 0 Å². The van der Waals surface area contributed by atoms with Crippen molar-refractivity contribution in [2.24, 2.45) is 0 Å². The Balaban J connectivity index is 2.63. The van der Waals surface area contributed by atoms with Crippen LogP contribution in [-0.2, 0) is 16.4 Å². The molecule has 0 bridgehead atoms. The second-order valence-electron chi connectivity index (χ2n) is 4.37. The van der Waals surface area contributed by atoms with Gasteiger partial charge in [0.25, 0.3) is 0 Å². The monoisotopic (exact) mass is 260 g/mol. The van der Waals surface area contributed by atoms with E-state index in [1.807, 2.05) is 13.8 Å². The molecule has 0 saturated heterocycles. The largest absolute Gasteiger partial charge is 0.328 e. The zero-order valence-corrected chi connectivity index (χ0v) is 11.4. The van der Waals surface area contributed by atoms with E-state index in [1.54, 1.807) is 28.5 Å². The van der Waals surface area contributed by atoms with Gasteiger partial charge in [-0.25, -0.2) is 13.2 Å². The van der Waals surface area contributed by atoms with E-state index in [-0.39, 0.29) is 23.2 Å². The minimum absolute atomic E-state index is 0.0751. The number of rotatable bonds is 6. The van der Waals surface area contributed by atoms with Gasteiger partial charge in [-0.15, -0.1) is 0 Å². The number of sulfone groups is 1. The molecule has 1 aromatic rings. The van der Waals surface area contributed by atoms with Crippen molar-refractivity contribution in [2.75, 3.05) is 11.5 Å². The van der Waals surface area contributed by atoms with Crippen LogP contribution in [0, 0.1) is 0 Å². The Hall–Kier alpha value is -1.04. The van der Waals surface area contributed by atoms with Crippen molar-refractivity contribution >= 4 is 9.84 Å². The van der Waals surface area contributed by atoms with Crippen LogP contribution < -0.4 is 5.69 Å². The molecule has 0 radical (unpaired) electrons. The van der Waals surface area contributed by atoms with E-state index in [1.165, 1.54) is 0 Å². The fourth-order valence-corrected chi connectivity index (χ4v) is 2.45. The first-order valence-electron chi connectivity index (χ1n) is 5.85. The molecule has 0 aromatic carbocycles. The molecule has 0 aliphatic rings. The minimum atomic E-state index is -2.93. The number of aryl methyl sites for hydroxylation is 1. The standard InChI is InChI=1S/C11H20N2O3S/c1-4-17(15,16)9-5-6-12-7-8-13(10(2)3)11(12)14/h7-8,10H,4-6,9H2,1-3H3. The number of imidazole rings is 1. The van der Waals surface area contributed by atoms with Gasteiger partial charge in [-0.3, -0.25) is 9.13 Å². The lowest BCUT2D eigenvalue weighted by Crippen LogP contribution is -2.26. The molecule has 1 aromatic heterocycles. The third-order valence-electron chi connectivity index (χ3n) is 2.72. The van der Waals surface area contributed by atoms with Gasteiger partial charge in [0.15, 0.2) is 0 Å². The number of aromatic nitrogens is 2. The lowest BCUT2D eigenvalue weighted by Gasteiger charge is -2.05. The Morgan fingerprint density at radius 2 is 1.94 bits per heavy atom. The molecule has 6 heteroatoms. The van der Waals surface area contributed by atoms with Gasteiger partial charge in [0.1, 0.15) is 9.84 Å². The molecule has 0 spiro atoms. The first-order valence-corrected chi connectivity index (χ1v) is 7.67. The van der Waals surface area contributed by atoms with Crippen molar-refractivity contribution in [1.29, 1.82) is 0 Å². The van der Waals surface area contributed by atoms with Crippen molar-refractivity contribution in [3.05, 3.63) is 22.9 Å². The zero-order valence-electron chi connectivity index (χ0n) is 10.6. The first kappa shape index (κ1) is 14.0. The Morgan fingerprint density at radius 3 is 2.41 bits per heavy atom. The highest BCUT2D eigenvalue weighted by molar-refractivity contribution is 7.91. The molecule has 0 saturated carbocycles. The summed E-state index contributed by atoms with van der Waals surface area (Å²) >= 11 is 0. The SMILES string of the molecule is CCS(=O)(=O)CCCn1ccn(C(C)C)c1=O. The van der Waals surface area contributed by atoms with Gasteiger partial charge in [-0.05, 0) is 20.3 Å². The first-order chi connectivity index (χ1) is 7.87. The van der Waals surface area contributed by atoms with Crippen molar-refractivity contribution in [3.8, 4) is 0 Å². The van der Waals surface area contributed by atoms with E-state index in [0.717, 1.165) is 0 Å². The number of nitrogens with zero attached hydrogens (tertiary/aromatic N) is 2. The van der Waals surface area contributed by atoms with Crippen LogP contribution in [-0.4, -0.2) is 29.1 Å². The Kier molecular flexibility index (Phi) is 4.56. The molecule has 0 N–H and O–H groups in total. The summed E-state index contributed by atoms with van der Waals surface area (Å²) in [5.74, 6) is 0.303. The molecule has 0 aliphatic carbocycles. The van der Waals surface area contributed by atoms with E-state index in [2.05, 4.69) is 0 Å². The molecule has 0 fully saturated rings. The Morgan fingerprint density at radius 1 is 1.29 bits per heavy atom. The maximum Gasteiger partial charge on any atom is 0.328 e. The van der Waals surface area contributed by atoms with Crippen LogP contribution in [0.5, 0.6) is 0 Å². The molecule has 1 heterocycles. The summed E-state index contributed by atoms with van der Waals surface area (Å²) in [5, 5.41) is 0. The highest BCUT2D eigenvalue weighted by atomic mass is 32.2. The van der Waals surface area contributed by atoms with Crippen LogP contribution >= 0.6 is 0 Å². The minimum Gasteiger partial charge on any atom is -0.299 e. The number of hydrogen-bond donors (Lipinski definition) is 0. The third-order valence-corrected chi connectivity index (χ3v) is 4.51. The predicted molar refractivity (Wildman–Crippen MR) is 68.0 cm³/mol. The summed E-state index contributed by atoms with van der Waals surface area (Å²) in [5.41, 5.74) is -0.0751. The Labute approximate surface area is 102 Å². The highest BCUT2D eigenvalue weighted by Crippen LogP contribution is 2.00. The van der Waals surface area contributed by atoms with Crippen molar-refractivity contribution < 1.29 is 8.42 Å². The van der Waals surface area contributed by atoms with E-state index < -0.39 is 9.84 Å². The summed E-state index contributed by atoms with van der Waals surface area (Å²) in [6.07, 6.45) is 3.93. The molecule has 0 aliphatic heterocycles. The second-order valence-corrected chi connectivity index (χ2v) is 6.84. The van der Waals surface area contributed by atoms with Crippen LogP contribution in [0.15, 0.2) is 17.2 Å². The average Bonchev–Trinajstić information content (AvgIpc) is 2.60. The van der Waals surface area contributed by atoms with E-state index in [0.29, 0.717) is 13.0 Å². The van der Waals surface area contributed by atoms with Crippen LogP contribution in [0.1, 0.15) is 33.2 Å². The molecule has 98 valence electrons. The molecule has 0 atom stereocenters. The highest BCUT2D eigenvalue weighted by Gasteiger charge is 2.09. The topological polar surface area (TPSA) is 61.1 Å². The van der Waals surface area contributed by atoms with E-state index in [9.17, 15) is 13.2 Å². The quantitative estimate of drug-likeness (QED) is 0.768. The molecule has 1 rings (SSSR count). The smallest absolute Gasteiger partial charge is 0.299 e. The fourth-order valence-electron chi connectivity index (χ4n) is 1.59. The zero-order chi connectivity index (χ0) is 13.1. The van der Waals surface area contributed by atoms with Crippen molar-refractivity contribution in [2.45, 2.75) is 39.8 Å².